The van der Waals surface area contributed by atoms with E-state index in [9.17, 15) is 0 Å². The van der Waals surface area contributed by atoms with Gasteiger partial charge in [-0.25, -0.2) is 9.97 Å². The van der Waals surface area contributed by atoms with Gasteiger partial charge in [0.05, 0.1) is 6.42 Å². The van der Waals surface area contributed by atoms with Crippen molar-refractivity contribution in [2.24, 2.45) is 0 Å². The summed E-state index contributed by atoms with van der Waals surface area (Å²) in [5, 5.41) is 11.3. The molecule has 1 aliphatic heterocycles. The summed E-state index contributed by atoms with van der Waals surface area (Å²) in [6.07, 6.45) is 0.602. The Morgan fingerprint density at radius 1 is 1.04 bits per heavy atom. The van der Waals surface area contributed by atoms with Crippen LogP contribution in [0.15, 0.2) is 40.8 Å². The van der Waals surface area contributed by atoms with Crippen molar-refractivity contribution in [2.45, 2.75) is 13.3 Å². The van der Waals surface area contributed by atoms with E-state index in [1.165, 1.54) is 0 Å². The average Bonchev–Trinajstić information content (AvgIpc) is 3.09. The number of piperazine rings is 1. The van der Waals surface area contributed by atoms with Crippen molar-refractivity contribution in [1.82, 2.24) is 25.1 Å². The summed E-state index contributed by atoms with van der Waals surface area (Å²) >= 11 is 0. The van der Waals surface area contributed by atoms with Gasteiger partial charge in [0.1, 0.15) is 17.5 Å². The number of hydrogen-bond donors (Lipinski definition) is 1. The zero-order valence-corrected chi connectivity index (χ0v) is 15.6. The molecule has 1 aliphatic rings. The second-order valence-electron chi connectivity index (χ2n) is 6.74. The van der Waals surface area contributed by atoms with Crippen molar-refractivity contribution in [3.63, 3.8) is 0 Å². The lowest BCUT2D eigenvalue weighted by Gasteiger charge is -2.33. The highest BCUT2D eigenvalue weighted by atomic mass is 16.4. The van der Waals surface area contributed by atoms with Gasteiger partial charge in [0.25, 0.3) is 0 Å². The molecule has 140 valence electrons. The molecule has 1 saturated heterocycles. The third kappa shape index (κ3) is 4.40. The predicted molar refractivity (Wildman–Crippen MR) is 103 cm³/mol. The number of aromatic nitrogens is 4. The second kappa shape index (κ2) is 7.71. The molecule has 27 heavy (non-hydrogen) atoms. The van der Waals surface area contributed by atoms with Crippen LogP contribution in [0.5, 0.6) is 0 Å². The molecule has 0 saturated carbocycles. The normalized spacial score (nSPS) is 15.1. The van der Waals surface area contributed by atoms with E-state index < -0.39 is 0 Å². The number of benzene rings is 1. The van der Waals surface area contributed by atoms with Crippen LogP contribution >= 0.6 is 0 Å². The van der Waals surface area contributed by atoms with Gasteiger partial charge in [-0.05, 0) is 19.5 Å². The van der Waals surface area contributed by atoms with E-state index in [2.05, 4.69) is 42.3 Å². The second-order valence-corrected chi connectivity index (χ2v) is 6.74. The van der Waals surface area contributed by atoms with E-state index in [-0.39, 0.29) is 0 Å². The molecule has 8 nitrogen and oxygen atoms in total. The Morgan fingerprint density at radius 3 is 2.59 bits per heavy atom. The van der Waals surface area contributed by atoms with Crippen LogP contribution < -0.4 is 10.2 Å². The molecule has 0 spiro atoms. The molecule has 1 N–H and O–H groups in total. The highest BCUT2D eigenvalue weighted by Crippen LogP contribution is 2.21. The van der Waals surface area contributed by atoms with Crippen LogP contribution in [0.3, 0.4) is 0 Å². The summed E-state index contributed by atoms with van der Waals surface area (Å²) in [6, 6.07) is 12.3. The molecule has 3 aromatic rings. The highest BCUT2D eigenvalue weighted by Gasteiger charge is 2.17. The third-order valence-corrected chi connectivity index (χ3v) is 4.55. The summed E-state index contributed by atoms with van der Waals surface area (Å²) in [7, 11) is 2.14. The van der Waals surface area contributed by atoms with Crippen LogP contribution in [0.1, 0.15) is 17.3 Å². The average molecular weight is 365 g/mol. The zero-order chi connectivity index (χ0) is 18.6. The van der Waals surface area contributed by atoms with Crippen molar-refractivity contribution in [1.29, 1.82) is 0 Å². The molecule has 0 atom stereocenters. The SMILES string of the molecule is Cc1nc(Nc2nnc(Cc3ccccc3)o2)cc(N2CCN(C)CC2)n1. The number of nitrogens with one attached hydrogen (secondary N) is 1. The number of likely N-dealkylation sites (N-methyl/N-ethyl adjacent to an activating group) is 1. The van der Waals surface area contributed by atoms with Crippen LogP contribution in [0.4, 0.5) is 17.7 Å². The van der Waals surface area contributed by atoms with Gasteiger partial charge in [0.15, 0.2) is 0 Å². The van der Waals surface area contributed by atoms with Gasteiger partial charge in [-0.2, -0.15) is 0 Å². The number of anilines is 3. The quantitative estimate of drug-likeness (QED) is 0.737. The largest absolute Gasteiger partial charge is 0.408 e. The van der Waals surface area contributed by atoms with Gasteiger partial charge < -0.3 is 14.2 Å². The van der Waals surface area contributed by atoms with Crippen molar-refractivity contribution in [3.8, 4) is 0 Å². The lowest BCUT2D eigenvalue weighted by molar-refractivity contribution is 0.312. The Hall–Kier alpha value is -3.00. The fourth-order valence-corrected chi connectivity index (χ4v) is 3.07. The topological polar surface area (TPSA) is 83.2 Å². The van der Waals surface area contributed by atoms with Crippen molar-refractivity contribution < 1.29 is 4.42 Å². The number of hydrogen-bond acceptors (Lipinski definition) is 8. The molecule has 0 unspecified atom stereocenters. The molecule has 0 bridgehead atoms. The third-order valence-electron chi connectivity index (χ3n) is 4.55. The van der Waals surface area contributed by atoms with Crippen molar-refractivity contribution >= 4 is 17.7 Å². The van der Waals surface area contributed by atoms with Crippen LogP contribution in [-0.2, 0) is 6.42 Å². The van der Waals surface area contributed by atoms with Gasteiger partial charge in [-0.15, -0.1) is 5.10 Å². The molecular formula is C19H23N7O. The Labute approximate surface area is 158 Å². The monoisotopic (exact) mass is 365 g/mol. The predicted octanol–water partition coefficient (Wildman–Crippen LogP) is 2.25. The number of nitrogens with zero attached hydrogens (tertiary/aromatic N) is 6. The lowest BCUT2D eigenvalue weighted by Crippen LogP contribution is -2.44. The molecule has 2 aromatic heterocycles. The van der Waals surface area contributed by atoms with Crippen LogP contribution in [0.2, 0.25) is 0 Å². The molecule has 4 rings (SSSR count). The first-order valence-corrected chi connectivity index (χ1v) is 9.08. The molecule has 0 radical (unpaired) electrons. The summed E-state index contributed by atoms with van der Waals surface area (Å²) in [6.45, 7) is 5.85. The minimum Gasteiger partial charge on any atom is -0.408 e. The van der Waals surface area contributed by atoms with Gasteiger partial charge >= 0.3 is 6.01 Å². The minimum absolute atomic E-state index is 0.336. The standard InChI is InChI=1S/C19H23N7O/c1-14-20-16(13-17(21-14)26-10-8-25(2)9-11-26)22-19-24-23-18(27-19)12-15-6-4-3-5-7-15/h3-7,13H,8-12H2,1-2H3,(H,20,21,22,24). The summed E-state index contributed by atoms with van der Waals surface area (Å²) in [4.78, 5) is 13.6. The van der Waals surface area contributed by atoms with Gasteiger partial charge in [0.2, 0.25) is 5.89 Å². The number of rotatable bonds is 5. The first-order chi connectivity index (χ1) is 13.2. The Bertz CT molecular complexity index is 888. The van der Waals surface area contributed by atoms with Crippen LogP contribution in [-0.4, -0.2) is 58.3 Å². The van der Waals surface area contributed by atoms with E-state index in [0.717, 1.165) is 37.6 Å². The molecule has 0 amide bonds. The summed E-state index contributed by atoms with van der Waals surface area (Å²) in [5.74, 6) is 2.85. The Kier molecular flexibility index (Phi) is 4.97. The van der Waals surface area contributed by atoms with Gasteiger partial charge in [0, 0.05) is 32.2 Å². The summed E-state index contributed by atoms with van der Waals surface area (Å²) in [5.41, 5.74) is 1.13. The van der Waals surface area contributed by atoms with Gasteiger partial charge in [-0.1, -0.05) is 35.4 Å². The van der Waals surface area contributed by atoms with E-state index in [1.807, 2.05) is 43.3 Å². The first kappa shape index (κ1) is 17.4. The van der Waals surface area contributed by atoms with E-state index in [4.69, 9.17) is 4.42 Å². The maximum atomic E-state index is 5.72. The fourth-order valence-electron chi connectivity index (χ4n) is 3.07. The van der Waals surface area contributed by atoms with Gasteiger partial charge in [-0.3, -0.25) is 5.32 Å². The first-order valence-electron chi connectivity index (χ1n) is 9.08. The summed E-state index contributed by atoms with van der Waals surface area (Å²) < 4.78 is 5.72. The van der Waals surface area contributed by atoms with E-state index in [1.54, 1.807) is 0 Å². The minimum atomic E-state index is 0.336. The van der Waals surface area contributed by atoms with Crippen LogP contribution in [0.25, 0.3) is 0 Å². The lowest BCUT2D eigenvalue weighted by atomic mass is 10.2. The number of aryl methyl sites for hydroxylation is 1. The molecule has 1 aromatic carbocycles. The molecule has 3 heterocycles. The molecule has 0 aliphatic carbocycles. The van der Waals surface area contributed by atoms with Crippen molar-refractivity contribution in [3.05, 3.63) is 53.7 Å². The van der Waals surface area contributed by atoms with Crippen LogP contribution in [0, 0.1) is 6.92 Å². The van der Waals surface area contributed by atoms with E-state index in [0.29, 0.717) is 30.0 Å². The Morgan fingerprint density at radius 2 is 1.81 bits per heavy atom. The highest BCUT2D eigenvalue weighted by molar-refractivity contribution is 5.54. The molecule has 1 fully saturated rings. The maximum absolute atomic E-state index is 5.72. The smallest absolute Gasteiger partial charge is 0.321 e. The van der Waals surface area contributed by atoms with Crippen molar-refractivity contribution in [2.75, 3.05) is 43.4 Å². The Balaban J connectivity index is 1.46. The fraction of sp³-hybridized carbons (Fsp3) is 0.368. The zero-order valence-electron chi connectivity index (χ0n) is 15.6. The molecular weight excluding hydrogens is 342 g/mol. The van der Waals surface area contributed by atoms with E-state index >= 15 is 0 Å². The molecule has 8 heteroatoms. The maximum Gasteiger partial charge on any atom is 0.321 e.